The van der Waals surface area contributed by atoms with Crippen LogP contribution < -0.4 is 11.1 Å². The molecule has 1 aromatic rings. The lowest BCUT2D eigenvalue weighted by atomic mass is 10.1. The number of carbonyl (C=O) groups excluding carboxylic acids is 1. The van der Waals surface area contributed by atoms with Gasteiger partial charge in [-0.25, -0.2) is 0 Å². The third-order valence-corrected chi connectivity index (χ3v) is 3.61. The van der Waals surface area contributed by atoms with E-state index in [9.17, 15) is 4.79 Å². The van der Waals surface area contributed by atoms with Crippen molar-refractivity contribution in [3.8, 4) is 0 Å². The first-order chi connectivity index (χ1) is 8.54. The van der Waals surface area contributed by atoms with Gasteiger partial charge in [-0.1, -0.05) is 44.9 Å². The summed E-state index contributed by atoms with van der Waals surface area (Å²) < 4.78 is 0. The molecule has 0 fully saturated rings. The smallest absolute Gasteiger partial charge is 0.243 e. The molecule has 0 unspecified atom stereocenters. The molecule has 0 aliphatic carbocycles. The Morgan fingerprint density at radius 2 is 2.11 bits per heavy atom. The van der Waals surface area contributed by atoms with Gasteiger partial charge in [-0.15, -0.1) is 10.2 Å². The molecule has 1 atom stereocenters. The van der Waals surface area contributed by atoms with Crippen molar-refractivity contribution in [3.05, 3.63) is 5.01 Å². The van der Waals surface area contributed by atoms with E-state index in [1.165, 1.54) is 24.2 Å². The first-order valence-corrected chi connectivity index (χ1v) is 7.25. The van der Waals surface area contributed by atoms with E-state index in [0.717, 1.165) is 17.8 Å². The maximum absolute atomic E-state index is 11.7. The van der Waals surface area contributed by atoms with E-state index >= 15 is 0 Å². The molecule has 5 nitrogen and oxygen atoms in total. The number of aryl methyl sites for hydroxylation is 1. The maximum Gasteiger partial charge on any atom is 0.243 e. The minimum atomic E-state index is -0.502. The van der Waals surface area contributed by atoms with Crippen molar-refractivity contribution < 1.29 is 4.79 Å². The Labute approximate surface area is 112 Å². The lowest BCUT2D eigenvalue weighted by Crippen LogP contribution is -2.39. The Bertz CT molecular complexity index is 378. The van der Waals surface area contributed by atoms with E-state index in [-0.39, 0.29) is 11.8 Å². The standard InChI is InChI=1S/C12H22N4OS/c1-4-5-6-7-9-15-16-12(18-9)14-11(17)10(13)8(2)3/h8,10H,4-7,13H2,1-3H3,(H,14,16,17)/t10-/m0/s1. The largest absolute Gasteiger partial charge is 0.320 e. The molecule has 102 valence electrons. The number of rotatable bonds is 7. The molecule has 0 spiro atoms. The summed E-state index contributed by atoms with van der Waals surface area (Å²) in [7, 11) is 0. The molecular weight excluding hydrogens is 248 g/mol. The minimum Gasteiger partial charge on any atom is -0.320 e. The summed E-state index contributed by atoms with van der Waals surface area (Å²) in [6.45, 7) is 6.00. The summed E-state index contributed by atoms with van der Waals surface area (Å²) in [4.78, 5) is 11.7. The number of unbranched alkanes of at least 4 members (excludes halogenated alkanes) is 2. The van der Waals surface area contributed by atoms with Crippen LogP contribution in [0.2, 0.25) is 0 Å². The number of hydrogen-bond acceptors (Lipinski definition) is 5. The molecule has 0 aliphatic heterocycles. The highest BCUT2D eigenvalue weighted by molar-refractivity contribution is 7.15. The maximum atomic E-state index is 11.7. The fourth-order valence-electron chi connectivity index (χ4n) is 1.42. The van der Waals surface area contributed by atoms with E-state index in [1.807, 2.05) is 13.8 Å². The molecule has 1 amide bonds. The predicted octanol–water partition coefficient (Wildman–Crippen LogP) is 2.19. The van der Waals surface area contributed by atoms with Gasteiger partial charge in [-0.05, 0) is 12.3 Å². The van der Waals surface area contributed by atoms with Gasteiger partial charge in [0.2, 0.25) is 11.0 Å². The molecule has 1 aromatic heterocycles. The Kier molecular flexibility index (Phi) is 6.21. The Morgan fingerprint density at radius 3 is 2.72 bits per heavy atom. The molecule has 0 aliphatic rings. The molecule has 0 saturated heterocycles. The summed E-state index contributed by atoms with van der Waals surface area (Å²) in [6, 6.07) is -0.502. The van der Waals surface area contributed by atoms with Crippen molar-refractivity contribution in [1.29, 1.82) is 0 Å². The number of carbonyl (C=O) groups is 1. The van der Waals surface area contributed by atoms with Crippen LogP contribution >= 0.6 is 11.3 Å². The van der Waals surface area contributed by atoms with Crippen LogP contribution in [0.4, 0.5) is 5.13 Å². The van der Waals surface area contributed by atoms with E-state index < -0.39 is 6.04 Å². The van der Waals surface area contributed by atoms with Crippen molar-refractivity contribution in [2.24, 2.45) is 11.7 Å². The van der Waals surface area contributed by atoms with Gasteiger partial charge < -0.3 is 5.73 Å². The summed E-state index contributed by atoms with van der Waals surface area (Å²) in [5.41, 5.74) is 5.76. The van der Waals surface area contributed by atoms with Gasteiger partial charge in [0.15, 0.2) is 0 Å². The van der Waals surface area contributed by atoms with Crippen molar-refractivity contribution in [1.82, 2.24) is 10.2 Å². The van der Waals surface area contributed by atoms with Gasteiger partial charge in [0.05, 0.1) is 6.04 Å². The van der Waals surface area contributed by atoms with E-state index in [1.54, 1.807) is 0 Å². The third-order valence-electron chi connectivity index (χ3n) is 2.71. The minimum absolute atomic E-state index is 0.113. The van der Waals surface area contributed by atoms with Crippen LogP contribution in [0.3, 0.4) is 0 Å². The first kappa shape index (κ1) is 15.0. The van der Waals surface area contributed by atoms with Crippen molar-refractivity contribution in [2.75, 3.05) is 5.32 Å². The second-order valence-corrected chi connectivity index (χ2v) is 5.78. The predicted molar refractivity (Wildman–Crippen MR) is 74.6 cm³/mol. The van der Waals surface area contributed by atoms with Crippen molar-refractivity contribution in [2.45, 2.75) is 52.5 Å². The number of nitrogens with zero attached hydrogens (tertiary/aromatic N) is 2. The normalized spacial score (nSPS) is 12.7. The first-order valence-electron chi connectivity index (χ1n) is 6.43. The summed E-state index contributed by atoms with van der Waals surface area (Å²) in [5.74, 6) is -0.0804. The van der Waals surface area contributed by atoms with Gasteiger partial charge in [-0.3, -0.25) is 10.1 Å². The molecule has 0 radical (unpaired) electrons. The Balaban J connectivity index is 2.46. The monoisotopic (exact) mass is 270 g/mol. The Hall–Kier alpha value is -1.01. The Morgan fingerprint density at radius 1 is 1.39 bits per heavy atom. The molecule has 3 N–H and O–H groups in total. The molecule has 0 bridgehead atoms. The molecule has 0 saturated carbocycles. The quantitative estimate of drug-likeness (QED) is 0.744. The number of nitrogens with two attached hydrogens (primary N) is 1. The average molecular weight is 270 g/mol. The SMILES string of the molecule is CCCCCc1nnc(NC(=O)[C@@H](N)C(C)C)s1. The fraction of sp³-hybridized carbons (Fsp3) is 0.750. The number of nitrogens with one attached hydrogen (secondary N) is 1. The van der Waals surface area contributed by atoms with Gasteiger partial charge in [-0.2, -0.15) is 0 Å². The highest BCUT2D eigenvalue weighted by atomic mass is 32.1. The van der Waals surface area contributed by atoms with Crippen LogP contribution in [0, 0.1) is 5.92 Å². The highest BCUT2D eigenvalue weighted by Gasteiger charge is 2.18. The highest BCUT2D eigenvalue weighted by Crippen LogP contribution is 2.18. The van der Waals surface area contributed by atoms with Gasteiger partial charge >= 0.3 is 0 Å². The van der Waals surface area contributed by atoms with Crippen LogP contribution in [0.25, 0.3) is 0 Å². The topological polar surface area (TPSA) is 80.9 Å². The number of amides is 1. The summed E-state index contributed by atoms with van der Waals surface area (Å²) in [5, 5.41) is 12.2. The van der Waals surface area contributed by atoms with Crippen LogP contribution in [0.15, 0.2) is 0 Å². The van der Waals surface area contributed by atoms with E-state index in [0.29, 0.717) is 5.13 Å². The zero-order valence-corrected chi connectivity index (χ0v) is 12.1. The molecule has 1 heterocycles. The van der Waals surface area contributed by atoms with Crippen LogP contribution in [0.1, 0.15) is 45.0 Å². The molecular formula is C12H22N4OS. The van der Waals surface area contributed by atoms with Gasteiger partial charge in [0.1, 0.15) is 5.01 Å². The van der Waals surface area contributed by atoms with Crippen molar-refractivity contribution >= 4 is 22.4 Å². The molecule has 0 aromatic carbocycles. The van der Waals surface area contributed by atoms with Gasteiger partial charge in [0.25, 0.3) is 0 Å². The lowest BCUT2D eigenvalue weighted by Gasteiger charge is -2.13. The second kappa shape index (κ2) is 7.43. The summed E-state index contributed by atoms with van der Waals surface area (Å²) >= 11 is 1.43. The molecule has 18 heavy (non-hydrogen) atoms. The summed E-state index contributed by atoms with van der Waals surface area (Å²) in [6.07, 6.45) is 4.42. The second-order valence-electron chi connectivity index (χ2n) is 4.72. The van der Waals surface area contributed by atoms with Crippen molar-refractivity contribution in [3.63, 3.8) is 0 Å². The van der Waals surface area contributed by atoms with E-state index in [4.69, 9.17) is 5.73 Å². The fourth-order valence-corrected chi connectivity index (χ4v) is 2.21. The zero-order valence-electron chi connectivity index (χ0n) is 11.3. The number of hydrogen-bond donors (Lipinski definition) is 2. The number of aromatic nitrogens is 2. The van der Waals surface area contributed by atoms with Crippen LogP contribution in [-0.2, 0) is 11.2 Å². The molecule has 6 heteroatoms. The third kappa shape index (κ3) is 4.70. The van der Waals surface area contributed by atoms with E-state index in [2.05, 4.69) is 22.4 Å². The number of anilines is 1. The zero-order chi connectivity index (χ0) is 13.5. The lowest BCUT2D eigenvalue weighted by molar-refractivity contribution is -0.118. The van der Waals surface area contributed by atoms with Crippen LogP contribution in [-0.4, -0.2) is 22.1 Å². The van der Waals surface area contributed by atoms with Gasteiger partial charge in [0, 0.05) is 6.42 Å². The molecule has 1 rings (SSSR count). The van der Waals surface area contributed by atoms with Crippen LogP contribution in [0.5, 0.6) is 0 Å². The average Bonchev–Trinajstić information content (AvgIpc) is 2.76.